The molecule has 7 heteroatoms. The molecule has 0 atom stereocenters. The molecule has 6 nitrogen and oxygen atoms in total. The lowest BCUT2D eigenvalue weighted by Gasteiger charge is -2.35. The van der Waals surface area contributed by atoms with Crippen LogP contribution in [-0.2, 0) is 37.1 Å². The topological polar surface area (TPSA) is 72.9 Å². The fourth-order valence-electron chi connectivity index (χ4n) is 3.57. The molecule has 32 heavy (non-hydrogen) atoms. The summed E-state index contributed by atoms with van der Waals surface area (Å²) in [5.74, 6) is -0.774. The molecule has 0 unspecified atom stereocenters. The minimum atomic E-state index is -0.573. The maximum absolute atomic E-state index is 12.9. The Morgan fingerprint density at radius 3 is 2.03 bits per heavy atom. The van der Waals surface area contributed by atoms with Gasteiger partial charge in [0.25, 0.3) is 0 Å². The molecule has 0 saturated carbocycles. The minimum Gasteiger partial charge on any atom is -0.457 e. The fraction of sp³-hybridized carbons (Fsp3) is 0.240. The number of amides is 1. The van der Waals surface area contributed by atoms with Crippen molar-refractivity contribution in [3.63, 3.8) is 0 Å². The number of ether oxygens (including phenoxy) is 2. The summed E-state index contributed by atoms with van der Waals surface area (Å²) in [5, 5.41) is 0.469. The van der Waals surface area contributed by atoms with E-state index in [1.54, 1.807) is 6.92 Å². The van der Waals surface area contributed by atoms with Gasteiger partial charge in [0.1, 0.15) is 18.9 Å². The van der Waals surface area contributed by atoms with Gasteiger partial charge in [0.2, 0.25) is 5.91 Å². The number of nitrogens with zero attached hydrogens (tertiary/aromatic N) is 1. The lowest BCUT2D eigenvalue weighted by atomic mass is 10.0. The van der Waals surface area contributed by atoms with Crippen molar-refractivity contribution in [2.24, 2.45) is 0 Å². The van der Waals surface area contributed by atoms with E-state index in [2.05, 4.69) is 0 Å². The summed E-state index contributed by atoms with van der Waals surface area (Å²) in [7, 11) is 0. The molecule has 0 N–H and O–H groups in total. The van der Waals surface area contributed by atoms with Crippen molar-refractivity contribution in [1.82, 2.24) is 4.90 Å². The molecule has 2 aromatic rings. The number of carbonyl (C=O) groups excluding carboxylic acids is 3. The molecule has 1 amide bonds. The number of rotatable bonds is 6. The Morgan fingerprint density at radius 1 is 0.875 bits per heavy atom. The van der Waals surface area contributed by atoms with Gasteiger partial charge < -0.3 is 9.47 Å². The molecule has 0 fully saturated rings. The Morgan fingerprint density at radius 2 is 1.44 bits per heavy atom. The summed E-state index contributed by atoms with van der Waals surface area (Å²) in [6, 6.07) is 18.8. The van der Waals surface area contributed by atoms with Gasteiger partial charge in [-0.1, -0.05) is 60.7 Å². The number of thioether (sulfide) groups is 1. The third-order valence-electron chi connectivity index (χ3n) is 5.22. The number of esters is 2. The van der Waals surface area contributed by atoms with Crippen LogP contribution in [0.4, 0.5) is 0 Å². The summed E-state index contributed by atoms with van der Waals surface area (Å²) < 4.78 is 11.0. The van der Waals surface area contributed by atoms with Gasteiger partial charge in [-0.3, -0.25) is 9.69 Å². The second kappa shape index (κ2) is 9.87. The van der Waals surface area contributed by atoms with Crippen LogP contribution >= 0.6 is 11.8 Å². The first kappa shape index (κ1) is 21.9. The number of benzene rings is 2. The van der Waals surface area contributed by atoms with Gasteiger partial charge in [0.05, 0.1) is 10.6 Å². The predicted molar refractivity (Wildman–Crippen MR) is 121 cm³/mol. The van der Waals surface area contributed by atoms with Crippen molar-refractivity contribution < 1.29 is 23.9 Å². The minimum absolute atomic E-state index is 0.108. The van der Waals surface area contributed by atoms with Crippen molar-refractivity contribution in [2.45, 2.75) is 33.0 Å². The third kappa shape index (κ3) is 4.78. The van der Waals surface area contributed by atoms with E-state index in [4.69, 9.17) is 9.47 Å². The summed E-state index contributed by atoms with van der Waals surface area (Å²) in [6.45, 7) is 2.06. The highest BCUT2D eigenvalue weighted by molar-refractivity contribution is 8.03. The number of hydrogen-bond donors (Lipinski definition) is 0. The van der Waals surface area contributed by atoms with Crippen LogP contribution in [0.1, 0.15) is 30.9 Å². The first-order valence-corrected chi connectivity index (χ1v) is 11.3. The van der Waals surface area contributed by atoms with Gasteiger partial charge in [-0.05, 0) is 30.0 Å². The molecule has 4 rings (SSSR count). The molecule has 0 aromatic heterocycles. The van der Waals surface area contributed by atoms with Crippen LogP contribution in [-0.4, -0.2) is 28.5 Å². The second-order valence-corrected chi connectivity index (χ2v) is 8.52. The summed E-state index contributed by atoms with van der Waals surface area (Å²) in [4.78, 5) is 39.9. The molecule has 0 bridgehead atoms. The smallest absolute Gasteiger partial charge is 0.355 e. The maximum atomic E-state index is 12.9. The van der Waals surface area contributed by atoms with Crippen molar-refractivity contribution in [3.8, 4) is 0 Å². The van der Waals surface area contributed by atoms with E-state index in [0.29, 0.717) is 16.4 Å². The number of carbonyl (C=O) groups is 3. The van der Waals surface area contributed by atoms with Crippen LogP contribution < -0.4 is 0 Å². The van der Waals surface area contributed by atoms with Crippen LogP contribution in [0, 0.1) is 0 Å². The van der Waals surface area contributed by atoms with Gasteiger partial charge in [-0.15, -0.1) is 11.8 Å². The van der Waals surface area contributed by atoms with Crippen molar-refractivity contribution in [3.05, 3.63) is 93.7 Å². The Balaban J connectivity index is 1.54. The van der Waals surface area contributed by atoms with Crippen molar-refractivity contribution >= 4 is 29.6 Å². The van der Waals surface area contributed by atoms with Gasteiger partial charge in [-0.2, -0.15) is 0 Å². The van der Waals surface area contributed by atoms with E-state index in [9.17, 15) is 14.4 Å². The summed E-state index contributed by atoms with van der Waals surface area (Å²) in [6.07, 6.45) is 0.416. The fourth-order valence-corrected chi connectivity index (χ4v) is 4.74. The second-order valence-electron chi connectivity index (χ2n) is 7.55. The van der Waals surface area contributed by atoms with E-state index in [0.717, 1.165) is 16.7 Å². The van der Waals surface area contributed by atoms with E-state index >= 15 is 0 Å². The van der Waals surface area contributed by atoms with Crippen LogP contribution in [0.3, 0.4) is 0 Å². The third-order valence-corrected chi connectivity index (χ3v) is 6.50. The summed E-state index contributed by atoms with van der Waals surface area (Å²) >= 11 is 1.37. The first-order valence-electron chi connectivity index (χ1n) is 10.4. The lowest BCUT2D eigenvalue weighted by molar-refractivity contribution is -0.146. The molecular weight excluding hydrogens is 426 g/mol. The van der Waals surface area contributed by atoms with E-state index in [1.165, 1.54) is 16.7 Å². The van der Waals surface area contributed by atoms with Crippen LogP contribution in [0.5, 0.6) is 0 Å². The van der Waals surface area contributed by atoms with E-state index < -0.39 is 11.9 Å². The molecule has 0 spiro atoms. The molecule has 2 aromatic carbocycles. The van der Waals surface area contributed by atoms with E-state index in [-0.39, 0.29) is 37.7 Å². The quantitative estimate of drug-likeness (QED) is 0.612. The van der Waals surface area contributed by atoms with Gasteiger partial charge in [0.15, 0.2) is 0 Å². The highest BCUT2D eigenvalue weighted by Gasteiger charge is 2.39. The number of hydrogen-bond acceptors (Lipinski definition) is 6. The molecule has 0 saturated heterocycles. The van der Waals surface area contributed by atoms with Crippen LogP contribution in [0.2, 0.25) is 0 Å². The van der Waals surface area contributed by atoms with Gasteiger partial charge >= 0.3 is 11.9 Å². The molecule has 0 aliphatic carbocycles. The Kier molecular flexibility index (Phi) is 6.75. The predicted octanol–water partition coefficient (Wildman–Crippen LogP) is 4.33. The Bertz CT molecular complexity index is 1090. The highest BCUT2D eigenvalue weighted by Crippen LogP contribution is 2.41. The van der Waals surface area contributed by atoms with Crippen molar-refractivity contribution in [1.29, 1.82) is 0 Å². The molecule has 2 heterocycles. The standard InChI is InChI=1S/C25H23NO5S/c1-17-16-32-23-20(24(28)30-14-18-8-4-2-5-9-18)12-13-21(27)26(23)22(17)25(29)31-15-19-10-6-3-7-11-19/h2-11H,12-16H2,1H3. The highest BCUT2D eigenvalue weighted by atomic mass is 32.2. The average molecular weight is 450 g/mol. The van der Waals surface area contributed by atoms with Crippen molar-refractivity contribution in [2.75, 3.05) is 5.75 Å². The zero-order chi connectivity index (χ0) is 22.5. The Hall–Kier alpha value is -3.32. The molecule has 2 aliphatic heterocycles. The SMILES string of the molecule is CC1=C(C(=O)OCc2ccccc2)N2C(=O)CCC(C(=O)OCc3ccccc3)=C2SC1. The van der Waals surface area contributed by atoms with Gasteiger partial charge in [-0.25, -0.2) is 9.59 Å². The summed E-state index contributed by atoms with van der Waals surface area (Å²) in [5.41, 5.74) is 3.10. The molecule has 0 radical (unpaired) electrons. The zero-order valence-corrected chi connectivity index (χ0v) is 18.5. The first-order chi connectivity index (χ1) is 15.5. The Labute approximate surface area is 190 Å². The van der Waals surface area contributed by atoms with E-state index in [1.807, 2.05) is 60.7 Å². The van der Waals surface area contributed by atoms with Gasteiger partial charge in [0, 0.05) is 12.2 Å². The monoisotopic (exact) mass is 449 g/mol. The lowest BCUT2D eigenvalue weighted by Crippen LogP contribution is -2.40. The number of fused-ring (bicyclic) bond motifs is 1. The normalized spacial score (nSPS) is 16.0. The molecule has 164 valence electrons. The zero-order valence-electron chi connectivity index (χ0n) is 17.7. The maximum Gasteiger partial charge on any atom is 0.355 e. The molecule has 2 aliphatic rings. The molecular formula is C25H23NO5S. The largest absolute Gasteiger partial charge is 0.457 e. The average Bonchev–Trinajstić information content (AvgIpc) is 2.82. The van der Waals surface area contributed by atoms with Crippen LogP contribution in [0.15, 0.2) is 82.5 Å². The van der Waals surface area contributed by atoms with Crippen LogP contribution in [0.25, 0.3) is 0 Å².